The summed E-state index contributed by atoms with van der Waals surface area (Å²) >= 11 is 0. The van der Waals surface area contributed by atoms with Gasteiger partial charge in [0.2, 0.25) is 5.91 Å². The lowest BCUT2D eigenvalue weighted by atomic mass is 9.75. The molecular weight excluding hydrogens is 354 g/mol. The third kappa shape index (κ3) is 5.16. The number of aliphatic hydroxyl groups is 1. The first kappa shape index (κ1) is 22.9. The van der Waals surface area contributed by atoms with E-state index >= 15 is 0 Å². The Morgan fingerprint density at radius 1 is 1.25 bits per heavy atom. The minimum absolute atomic E-state index is 0.128. The van der Waals surface area contributed by atoms with Gasteiger partial charge < -0.3 is 14.7 Å². The van der Waals surface area contributed by atoms with Crippen LogP contribution in [0.15, 0.2) is 11.6 Å². The van der Waals surface area contributed by atoms with Gasteiger partial charge in [-0.15, -0.1) is 0 Å². The van der Waals surface area contributed by atoms with Gasteiger partial charge in [-0.2, -0.15) is 0 Å². The molecule has 2 rings (SSSR count). The van der Waals surface area contributed by atoms with Gasteiger partial charge in [-0.3, -0.25) is 9.59 Å². The van der Waals surface area contributed by atoms with E-state index in [2.05, 4.69) is 0 Å². The van der Waals surface area contributed by atoms with Gasteiger partial charge in [0.1, 0.15) is 11.8 Å². The minimum Gasteiger partial charge on any atom is -0.460 e. The van der Waals surface area contributed by atoms with Crippen molar-refractivity contribution < 1.29 is 19.4 Å². The maximum absolute atomic E-state index is 13.4. The van der Waals surface area contributed by atoms with Crippen LogP contribution in [0.2, 0.25) is 0 Å². The fraction of sp³-hybridized carbons (Fsp3) is 0.826. The average Bonchev–Trinajstić information content (AvgIpc) is 2.71. The van der Waals surface area contributed by atoms with Crippen molar-refractivity contribution in [2.75, 3.05) is 0 Å². The van der Waals surface area contributed by atoms with Crippen LogP contribution in [0, 0.1) is 17.8 Å². The second-order valence-corrected chi connectivity index (χ2v) is 10.4. The molecule has 1 amide bonds. The number of likely N-dealkylation sites (tertiary alicyclic amines) is 1. The number of nitrogens with zero attached hydrogens (tertiary/aromatic N) is 1. The van der Waals surface area contributed by atoms with E-state index in [1.165, 1.54) is 24.2 Å². The Bertz CT molecular complexity index is 607. The molecule has 0 spiro atoms. The van der Waals surface area contributed by atoms with E-state index in [1.54, 1.807) is 6.08 Å². The maximum Gasteiger partial charge on any atom is 0.312 e. The van der Waals surface area contributed by atoms with Gasteiger partial charge in [0.05, 0.1) is 17.4 Å². The summed E-state index contributed by atoms with van der Waals surface area (Å²) in [6, 6.07) is 0. The number of aliphatic hydroxyl groups excluding tert-OH is 1. The highest BCUT2D eigenvalue weighted by atomic mass is 16.6. The minimum atomic E-state index is -1.03. The van der Waals surface area contributed by atoms with Crippen LogP contribution < -0.4 is 0 Å². The predicted octanol–water partition coefficient (Wildman–Crippen LogP) is 4.44. The molecule has 1 saturated carbocycles. The van der Waals surface area contributed by atoms with Crippen LogP contribution in [0.25, 0.3) is 0 Å². The molecule has 1 aliphatic carbocycles. The Hall–Kier alpha value is -1.36. The molecule has 5 nitrogen and oxygen atoms in total. The molecule has 5 heteroatoms. The monoisotopic (exact) mass is 393 g/mol. The van der Waals surface area contributed by atoms with Crippen LogP contribution >= 0.6 is 0 Å². The fourth-order valence-electron chi connectivity index (χ4n) is 4.93. The number of allylic oxidation sites excluding steroid dienone is 1. The maximum atomic E-state index is 13.4. The first-order chi connectivity index (χ1) is 12.8. The molecule has 160 valence electrons. The number of carbonyl (C=O) groups is 2. The van der Waals surface area contributed by atoms with Crippen LogP contribution in [0.3, 0.4) is 0 Å². The lowest BCUT2D eigenvalue weighted by Gasteiger charge is -2.38. The van der Waals surface area contributed by atoms with Crippen LogP contribution in [0.5, 0.6) is 0 Å². The van der Waals surface area contributed by atoms with Crippen LogP contribution in [-0.2, 0) is 14.3 Å². The van der Waals surface area contributed by atoms with Gasteiger partial charge in [-0.05, 0) is 66.9 Å². The molecule has 0 aromatic rings. The second kappa shape index (κ2) is 8.56. The molecule has 1 heterocycles. The smallest absolute Gasteiger partial charge is 0.312 e. The Labute approximate surface area is 170 Å². The van der Waals surface area contributed by atoms with Gasteiger partial charge in [-0.25, -0.2) is 0 Å². The van der Waals surface area contributed by atoms with Crippen LogP contribution in [0.1, 0.15) is 87.0 Å². The zero-order chi connectivity index (χ0) is 21.3. The molecule has 1 unspecified atom stereocenters. The molecule has 2 fully saturated rings. The van der Waals surface area contributed by atoms with Gasteiger partial charge in [-0.1, -0.05) is 37.7 Å². The highest BCUT2D eigenvalue weighted by Crippen LogP contribution is 2.46. The van der Waals surface area contributed by atoms with E-state index in [9.17, 15) is 14.7 Å². The Morgan fingerprint density at radius 2 is 1.82 bits per heavy atom. The van der Waals surface area contributed by atoms with Crippen molar-refractivity contribution in [1.29, 1.82) is 0 Å². The largest absolute Gasteiger partial charge is 0.460 e. The van der Waals surface area contributed by atoms with Gasteiger partial charge >= 0.3 is 5.97 Å². The molecule has 1 saturated heterocycles. The summed E-state index contributed by atoms with van der Waals surface area (Å²) in [6.45, 7) is 13.1. The highest BCUT2D eigenvalue weighted by molar-refractivity contribution is 5.91. The van der Waals surface area contributed by atoms with Crippen LogP contribution in [0.4, 0.5) is 0 Å². The standard InChI is InChI=1S/C23H39NO4/c1-15(2)13-18(25)24-20(26)17(14-16-11-9-8-10-12-16)19(23(24,6)7)21(27)28-22(3,4)5/h13,16-19,25H,8-12,14H2,1-7H3/t17-,18-,19?/m0/s1. The van der Waals surface area contributed by atoms with E-state index in [-0.39, 0.29) is 11.9 Å². The average molecular weight is 394 g/mol. The van der Waals surface area contributed by atoms with E-state index < -0.39 is 29.2 Å². The third-order valence-corrected chi connectivity index (χ3v) is 6.06. The summed E-state index contributed by atoms with van der Waals surface area (Å²) in [5.74, 6) is -1.02. The Morgan fingerprint density at radius 3 is 2.32 bits per heavy atom. The van der Waals surface area contributed by atoms with E-state index in [4.69, 9.17) is 4.74 Å². The molecule has 1 N–H and O–H groups in total. The Kier molecular flexibility index (Phi) is 7.01. The third-order valence-electron chi connectivity index (χ3n) is 6.06. The predicted molar refractivity (Wildman–Crippen MR) is 110 cm³/mol. The molecule has 1 aliphatic heterocycles. The number of hydrogen-bond donors (Lipinski definition) is 1. The number of hydrogen-bond acceptors (Lipinski definition) is 4. The second-order valence-electron chi connectivity index (χ2n) is 10.4. The molecular formula is C23H39NO4. The first-order valence-electron chi connectivity index (χ1n) is 10.7. The van der Waals surface area contributed by atoms with Crippen molar-refractivity contribution >= 4 is 11.9 Å². The number of amides is 1. The summed E-state index contributed by atoms with van der Waals surface area (Å²) in [5.41, 5.74) is -0.498. The molecule has 28 heavy (non-hydrogen) atoms. The summed E-state index contributed by atoms with van der Waals surface area (Å²) in [7, 11) is 0. The highest BCUT2D eigenvalue weighted by Gasteiger charge is 2.59. The molecule has 0 bridgehead atoms. The molecule has 3 atom stereocenters. The fourth-order valence-corrected chi connectivity index (χ4v) is 4.93. The number of carbonyl (C=O) groups excluding carboxylic acids is 2. The van der Waals surface area contributed by atoms with Crippen LogP contribution in [-0.4, -0.2) is 39.3 Å². The number of esters is 1. The lowest BCUT2D eigenvalue weighted by molar-refractivity contribution is -0.165. The van der Waals surface area contributed by atoms with Crippen molar-refractivity contribution in [3.63, 3.8) is 0 Å². The summed E-state index contributed by atoms with van der Waals surface area (Å²) in [6.07, 6.45) is 7.20. The molecule has 0 aromatic heterocycles. The quantitative estimate of drug-likeness (QED) is 0.554. The van der Waals surface area contributed by atoms with E-state index in [0.717, 1.165) is 18.4 Å². The van der Waals surface area contributed by atoms with Crippen molar-refractivity contribution in [3.05, 3.63) is 11.6 Å². The SMILES string of the molecule is CC(C)=C[C@H](O)N1C(=O)[C@@H](CC2CCCCC2)C(C(=O)OC(C)(C)C)C1(C)C. The topological polar surface area (TPSA) is 66.8 Å². The van der Waals surface area contributed by atoms with E-state index in [0.29, 0.717) is 12.3 Å². The molecule has 0 aromatic carbocycles. The summed E-state index contributed by atoms with van der Waals surface area (Å²) < 4.78 is 5.72. The van der Waals surface area contributed by atoms with E-state index in [1.807, 2.05) is 48.5 Å². The zero-order valence-electron chi connectivity index (χ0n) is 18.7. The van der Waals surface area contributed by atoms with Crippen molar-refractivity contribution in [1.82, 2.24) is 4.90 Å². The molecule has 2 aliphatic rings. The first-order valence-corrected chi connectivity index (χ1v) is 10.7. The van der Waals surface area contributed by atoms with Gasteiger partial charge in [0.15, 0.2) is 0 Å². The molecule has 0 radical (unpaired) electrons. The number of ether oxygens (including phenoxy) is 1. The van der Waals surface area contributed by atoms with Gasteiger partial charge in [0, 0.05) is 0 Å². The Balaban J connectivity index is 2.37. The normalized spacial score (nSPS) is 26.9. The van der Waals surface area contributed by atoms with Crippen molar-refractivity contribution in [2.24, 2.45) is 17.8 Å². The van der Waals surface area contributed by atoms with Crippen molar-refractivity contribution in [3.8, 4) is 0 Å². The van der Waals surface area contributed by atoms with Crippen molar-refractivity contribution in [2.45, 2.75) is 104 Å². The van der Waals surface area contributed by atoms with Gasteiger partial charge in [0.25, 0.3) is 0 Å². The summed E-state index contributed by atoms with van der Waals surface area (Å²) in [4.78, 5) is 28.1. The lowest BCUT2D eigenvalue weighted by Crippen LogP contribution is -2.51. The summed E-state index contributed by atoms with van der Waals surface area (Å²) in [5, 5.41) is 10.8. The zero-order valence-corrected chi connectivity index (χ0v) is 18.7. The number of rotatable bonds is 5.